The lowest BCUT2D eigenvalue weighted by Crippen LogP contribution is -2.25. The fourth-order valence-electron chi connectivity index (χ4n) is 3.40. The van der Waals surface area contributed by atoms with E-state index >= 15 is 0 Å². The van der Waals surface area contributed by atoms with Gasteiger partial charge in [0.05, 0.1) is 5.56 Å². The lowest BCUT2D eigenvalue weighted by atomic mass is 10.0. The third-order valence-corrected chi connectivity index (χ3v) is 6.04. The molecule has 0 fully saturated rings. The summed E-state index contributed by atoms with van der Waals surface area (Å²) in [4.78, 5) is 27.7. The second-order valence-corrected chi connectivity index (χ2v) is 8.34. The van der Waals surface area contributed by atoms with E-state index in [9.17, 15) is 14.7 Å². The van der Waals surface area contributed by atoms with Gasteiger partial charge in [-0.2, -0.15) is 0 Å². The second-order valence-electron chi connectivity index (χ2n) is 7.31. The molecule has 0 unspecified atom stereocenters. The van der Waals surface area contributed by atoms with E-state index in [4.69, 9.17) is 4.74 Å². The second kappa shape index (κ2) is 11.0. The van der Waals surface area contributed by atoms with E-state index in [1.54, 1.807) is 30.3 Å². The van der Waals surface area contributed by atoms with Gasteiger partial charge in [-0.1, -0.05) is 56.3 Å². The number of fused-ring (bicyclic) bond motifs is 1. The molecule has 0 saturated carbocycles. The quantitative estimate of drug-likeness (QED) is 0.428. The van der Waals surface area contributed by atoms with Crippen molar-refractivity contribution >= 4 is 39.4 Å². The van der Waals surface area contributed by atoms with E-state index in [0.29, 0.717) is 22.2 Å². The van der Waals surface area contributed by atoms with E-state index in [2.05, 4.69) is 24.1 Å². The average Bonchev–Trinajstić information content (AvgIpc) is 2.80. The molecule has 0 aliphatic rings. The van der Waals surface area contributed by atoms with Gasteiger partial charge in [0.15, 0.2) is 0 Å². The molecule has 1 amide bonds. The fraction of sp³-hybridized carbons (Fsp3) is 0.280. The first-order valence-electron chi connectivity index (χ1n) is 10.6. The Balaban J connectivity index is 1.85. The first kappa shape index (κ1) is 23.6. The minimum Gasteiger partial charge on any atom is -0.506 e. The molecule has 0 saturated heterocycles. The van der Waals surface area contributed by atoms with E-state index in [0.717, 1.165) is 37.0 Å². The zero-order valence-corrected chi connectivity index (χ0v) is 19.4. The smallest absolute Gasteiger partial charge is 0.372 e. The number of phenols is 1. The number of aromatic hydroxyl groups is 1. The van der Waals surface area contributed by atoms with Gasteiger partial charge in [0.2, 0.25) is 0 Å². The Kier molecular flexibility index (Phi) is 8.14. The molecular formula is C25H28N2O4S. The number of benzene rings is 3. The lowest BCUT2D eigenvalue weighted by Gasteiger charge is -2.17. The SMILES string of the molecule is CCN(CC)CCSC(=O)Oc1cc(C(=O)Nc2ccccc2C)c(O)c2ccccc12. The van der Waals surface area contributed by atoms with Gasteiger partial charge >= 0.3 is 5.30 Å². The molecule has 3 rings (SSSR count). The molecule has 3 aromatic rings. The molecule has 0 atom stereocenters. The maximum absolute atomic E-state index is 13.0. The first-order chi connectivity index (χ1) is 15.4. The topological polar surface area (TPSA) is 78.9 Å². The van der Waals surface area contributed by atoms with Gasteiger partial charge < -0.3 is 20.1 Å². The highest BCUT2D eigenvalue weighted by molar-refractivity contribution is 8.13. The van der Waals surface area contributed by atoms with Gasteiger partial charge in [-0.05, 0) is 49.5 Å². The van der Waals surface area contributed by atoms with Crippen LogP contribution in [0.5, 0.6) is 11.5 Å². The van der Waals surface area contributed by atoms with E-state index < -0.39 is 11.2 Å². The van der Waals surface area contributed by atoms with E-state index in [1.807, 2.05) is 25.1 Å². The molecule has 0 bridgehead atoms. The molecule has 0 aromatic heterocycles. The van der Waals surface area contributed by atoms with Crippen molar-refractivity contribution in [1.29, 1.82) is 0 Å². The van der Waals surface area contributed by atoms with E-state index in [-0.39, 0.29) is 17.1 Å². The van der Waals surface area contributed by atoms with Crippen molar-refractivity contribution in [2.75, 3.05) is 30.7 Å². The largest absolute Gasteiger partial charge is 0.506 e. The van der Waals surface area contributed by atoms with Gasteiger partial charge in [0.25, 0.3) is 5.91 Å². The molecule has 168 valence electrons. The number of nitrogens with one attached hydrogen (secondary N) is 1. The lowest BCUT2D eigenvalue weighted by molar-refractivity contribution is 0.102. The molecule has 0 spiro atoms. The highest BCUT2D eigenvalue weighted by Gasteiger charge is 2.20. The molecule has 3 aromatic carbocycles. The molecule has 2 N–H and O–H groups in total. The summed E-state index contributed by atoms with van der Waals surface area (Å²) >= 11 is 1.10. The number of anilines is 1. The minimum atomic E-state index is -0.478. The Morgan fingerprint density at radius 2 is 1.69 bits per heavy atom. The molecule has 0 heterocycles. The Bertz CT molecular complexity index is 1110. The van der Waals surface area contributed by atoms with Crippen LogP contribution in [0.15, 0.2) is 54.6 Å². The molecule has 6 nitrogen and oxygen atoms in total. The number of carbonyl (C=O) groups is 2. The molecule has 7 heteroatoms. The van der Waals surface area contributed by atoms with Gasteiger partial charge in [0, 0.05) is 28.8 Å². The van der Waals surface area contributed by atoms with Crippen LogP contribution in [0.1, 0.15) is 29.8 Å². The summed E-state index contributed by atoms with van der Waals surface area (Å²) in [7, 11) is 0. The minimum absolute atomic E-state index is 0.0443. The molecule has 0 aliphatic heterocycles. The van der Waals surface area contributed by atoms with Crippen LogP contribution in [-0.2, 0) is 0 Å². The first-order valence-corrected chi connectivity index (χ1v) is 11.6. The van der Waals surface area contributed by atoms with Gasteiger partial charge in [0.1, 0.15) is 11.5 Å². The number of hydrogen-bond donors (Lipinski definition) is 2. The number of thioether (sulfide) groups is 1. The van der Waals surface area contributed by atoms with Crippen LogP contribution < -0.4 is 10.1 Å². The monoisotopic (exact) mass is 452 g/mol. The van der Waals surface area contributed by atoms with Gasteiger partial charge in [-0.3, -0.25) is 4.79 Å². The number of amides is 1. The number of phenolic OH excluding ortho intramolecular Hbond substituents is 1. The third-order valence-electron chi connectivity index (χ3n) is 5.33. The van der Waals surface area contributed by atoms with Crippen LogP contribution in [0, 0.1) is 6.92 Å². The summed E-state index contributed by atoms with van der Waals surface area (Å²) in [6.07, 6.45) is 0. The number of hydrogen-bond acceptors (Lipinski definition) is 6. The number of nitrogens with zero attached hydrogens (tertiary/aromatic N) is 1. The summed E-state index contributed by atoms with van der Waals surface area (Å²) < 4.78 is 5.61. The summed E-state index contributed by atoms with van der Waals surface area (Å²) in [5.41, 5.74) is 1.59. The maximum atomic E-state index is 13.0. The van der Waals surface area contributed by atoms with Crippen LogP contribution in [-0.4, -0.2) is 46.6 Å². The normalized spacial score (nSPS) is 11.0. The number of aryl methyl sites for hydroxylation is 1. The highest BCUT2D eigenvalue weighted by atomic mass is 32.2. The van der Waals surface area contributed by atoms with E-state index in [1.165, 1.54) is 6.07 Å². The van der Waals surface area contributed by atoms with Crippen LogP contribution in [0.4, 0.5) is 10.5 Å². The molecule has 0 radical (unpaired) electrons. The van der Waals surface area contributed by atoms with Gasteiger partial charge in [-0.25, -0.2) is 4.79 Å². The Morgan fingerprint density at radius 1 is 1.03 bits per heavy atom. The number of ether oxygens (including phenoxy) is 1. The molecule has 0 aliphatic carbocycles. The van der Waals surface area contributed by atoms with Gasteiger partial charge in [-0.15, -0.1) is 0 Å². The fourth-order valence-corrected chi connectivity index (χ4v) is 4.07. The summed E-state index contributed by atoms with van der Waals surface area (Å²) in [5.74, 6) is 0.223. The van der Waals surface area contributed by atoms with Crippen molar-refractivity contribution in [3.05, 3.63) is 65.7 Å². The van der Waals surface area contributed by atoms with Crippen molar-refractivity contribution in [3.63, 3.8) is 0 Å². The van der Waals surface area contributed by atoms with Crippen molar-refractivity contribution in [2.24, 2.45) is 0 Å². The maximum Gasteiger partial charge on any atom is 0.372 e. The Labute approximate surface area is 192 Å². The molecular weight excluding hydrogens is 424 g/mol. The average molecular weight is 453 g/mol. The Morgan fingerprint density at radius 3 is 2.38 bits per heavy atom. The number of carbonyl (C=O) groups excluding carboxylic acids is 2. The zero-order valence-electron chi connectivity index (χ0n) is 18.6. The van der Waals surface area contributed by atoms with Crippen molar-refractivity contribution in [1.82, 2.24) is 4.90 Å². The van der Waals surface area contributed by atoms with Crippen LogP contribution in [0.3, 0.4) is 0 Å². The third kappa shape index (κ3) is 5.60. The van der Waals surface area contributed by atoms with Crippen molar-refractivity contribution < 1.29 is 19.4 Å². The van der Waals surface area contributed by atoms with Crippen molar-refractivity contribution in [2.45, 2.75) is 20.8 Å². The van der Waals surface area contributed by atoms with Crippen molar-refractivity contribution in [3.8, 4) is 11.5 Å². The summed E-state index contributed by atoms with van der Waals surface area (Å²) in [6.45, 7) is 8.69. The predicted molar refractivity (Wildman–Crippen MR) is 131 cm³/mol. The summed E-state index contributed by atoms with van der Waals surface area (Å²) in [6, 6.07) is 15.8. The number of rotatable bonds is 8. The highest BCUT2D eigenvalue weighted by Crippen LogP contribution is 2.37. The molecule has 32 heavy (non-hydrogen) atoms. The zero-order chi connectivity index (χ0) is 23.1. The standard InChI is InChI=1S/C25H28N2O4S/c1-4-27(5-2)14-15-32-25(30)31-22-16-20(23(28)19-12-8-7-11-18(19)22)24(29)26-21-13-9-6-10-17(21)3/h6-13,16,28H,4-5,14-15H2,1-3H3,(H,26,29). The predicted octanol–water partition coefficient (Wildman–Crippen LogP) is 5.68. The van der Waals surface area contributed by atoms with Crippen LogP contribution >= 0.6 is 11.8 Å². The Hall–Kier alpha value is -3.03. The summed E-state index contributed by atoms with van der Waals surface area (Å²) in [5, 5.41) is 14.2. The number of para-hydroxylation sites is 1. The van der Waals surface area contributed by atoms with Crippen LogP contribution in [0.25, 0.3) is 10.8 Å². The van der Waals surface area contributed by atoms with Crippen LogP contribution in [0.2, 0.25) is 0 Å².